The van der Waals surface area contributed by atoms with Crippen LogP contribution in [0.4, 0.5) is 0 Å². The van der Waals surface area contributed by atoms with Crippen LogP contribution in [0.5, 0.6) is 0 Å². The third-order valence-corrected chi connectivity index (χ3v) is 3.20. The third-order valence-electron chi connectivity index (χ3n) is 3.20. The Morgan fingerprint density at radius 2 is 1.73 bits per heavy atom. The molecule has 0 unspecified atom stereocenters. The van der Waals surface area contributed by atoms with Gasteiger partial charge in [-0.3, -0.25) is 9.59 Å². The summed E-state index contributed by atoms with van der Waals surface area (Å²) in [5.74, 6) is -5.66. The molecule has 22 heavy (non-hydrogen) atoms. The Morgan fingerprint density at radius 3 is 2.23 bits per heavy atom. The highest BCUT2D eigenvalue weighted by molar-refractivity contribution is 6.29. The van der Waals surface area contributed by atoms with Crippen LogP contribution in [0, 0.1) is 11.8 Å². The van der Waals surface area contributed by atoms with E-state index >= 15 is 0 Å². The normalized spacial score (nSPS) is 23.9. The number of aliphatic hydroxyl groups is 1. The lowest BCUT2D eigenvalue weighted by Gasteiger charge is -2.09. The van der Waals surface area contributed by atoms with Crippen molar-refractivity contribution < 1.29 is 43.2 Å². The van der Waals surface area contributed by atoms with Crippen LogP contribution in [-0.2, 0) is 38.1 Å². The van der Waals surface area contributed by atoms with Crippen molar-refractivity contribution in [3.05, 3.63) is 0 Å². The molecule has 1 rings (SSSR count). The molecule has 0 amide bonds. The monoisotopic (exact) mass is 318 g/mol. The van der Waals surface area contributed by atoms with E-state index in [9.17, 15) is 24.3 Å². The maximum atomic E-state index is 11.6. The van der Waals surface area contributed by atoms with Gasteiger partial charge in [-0.15, -0.1) is 0 Å². The standard InChI is InChI=1S/C13H18O9/c1-4-21-7(15)5-6(14)8-9(11(16)19-2)10(8)22-13(18)12(17)20-3/h6,8-10,14H,4-5H2,1-3H3/t6-,8-,9-,10-/m0/s1. The van der Waals surface area contributed by atoms with Gasteiger partial charge < -0.3 is 24.1 Å². The van der Waals surface area contributed by atoms with Crippen LogP contribution in [0.2, 0.25) is 0 Å². The molecule has 1 fully saturated rings. The highest BCUT2D eigenvalue weighted by atomic mass is 16.6. The molecule has 1 aliphatic carbocycles. The molecule has 0 aromatic rings. The number of ether oxygens (including phenoxy) is 4. The zero-order valence-electron chi connectivity index (χ0n) is 12.4. The van der Waals surface area contributed by atoms with Crippen LogP contribution in [0.1, 0.15) is 13.3 Å². The average molecular weight is 318 g/mol. The number of methoxy groups -OCH3 is 2. The molecule has 0 aromatic carbocycles. The van der Waals surface area contributed by atoms with Crippen molar-refractivity contribution in [1.29, 1.82) is 0 Å². The van der Waals surface area contributed by atoms with Gasteiger partial charge in [-0.05, 0) is 6.92 Å². The Kier molecular flexibility index (Phi) is 6.29. The van der Waals surface area contributed by atoms with Gasteiger partial charge >= 0.3 is 23.9 Å². The predicted octanol–water partition coefficient (Wildman–Crippen LogP) is -1.20. The average Bonchev–Trinajstić information content (AvgIpc) is 3.19. The van der Waals surface area contributed by atoms with Crippen LogP contribution in [-0.4, -0.2) is 62.0 Å². The van der Waals surface area contributed by atoms with Crippen molar-refractivity contribution in [3.63, 3.8) is 0 Å². The second-order valence-electron chi connectivity index (χ2n) is 4.56. The summed E-state index contributed by atoms with van der Waals surface area (Å²) < 4.78 is 18.2. The Morgan fingerprint density at radius 1 is 1.09 bits per heavy atom. The smallest absolute Gasteiger partial charge is 0.417 e. The van der Waals surface area contributed by atoms with E-state index in [1.54, 1.807) is 6.92 Å². The van der Waals surface area contributed by atoms with Crippen molar-refractivity contribution in [2.24, 2.45) is 11.8 Å². The number of aliphatic hydroxyl groups excluding tert-OH is 1. The maximum absolute atomic E-state index is 11.6. The maximum Gasteiger partial charge on any atom is 0.417 e. The van der Waals surface area contributed by atoms with Gasteiger partial charge in [0.2, 0.25) is 0 Å². The first-order chi connectivity index (χ1) is 10.4. The first kappa shape index (κ1) is 17.9. The molecule has 1 N–H and O–H groups in total. The molecular weight excluding hydrogens is 300 g/mol. The van der Waals surface area contributed by atoms with E-state index in [0.29, 0.717) is 0 Å². The van der Waals surface area contributed by atoms with Crippen LogP contribution in [0.3, 0.4) is 0 Å². The summed E-state index contributed by atoms with van der Waals surface area (Å²) >= 11 is 0. The molecule has 9 nitrogen and oxygen atoms in total. The van der Waals surface area contributed by atoms with Gasteiger partial charge in [0, 0.05) is 5.92 Å². The number of carbonyl (C=O) groups is 4. The molecular formula is C13H18O9. The van der Waals surface area contributed by atoms with Crippen molar-refractivity contribution in [2.45, 2.75) is 25.6 Å². The summed E-state index contributed by atoms with van der Waals surface area (Å²) in [5, 5.41) is 9.96. The van der Waals surface area contributed by atoms with Gasteiger partial charge in [0.15, 0.2) is 0 Å². The second-order valence-corrected chi connectivity index (χ2v) is 4.56. The van der Waals surface area contributed by atoms with Crippen molar-refractivity contribution in [1.82, 2.24) is 0 Å². The van der Waals surface area contributed by atoms with E-state index in [1.165, 1.54) is 0 Å². The minimum absolute atomic E-state index is 0.150. The third kappa shape index (κ3) is 4.17. The first-order valence-electron chi connectivity index (χ1n) is 6.57. The molecule has 0 aromatic heterocycles. The zero-order valence-corrected chi connectivity index (χ0v) is 12.4. The largest absolute Gasteiger partial charge is 0.469 e. The Labute approximate surface area is 126 Å². The molecule has 0 aliphatic heterocycles. The lowest BCUT2D eigenvalue weighted by atomic mass is 10.1. The summed E-state index contributed by atoms with van der Waals surface area (Å²) in [6, 6.07) is 0. The number of hydrogen-bond donors (Lipinski definition) is 1. The van der Waals surface area contributed by atoms with E-state index in [1.807, 2.05) is 0 Å². The molecule has 0 bridgehead atoms. The van der Waals surface area contributed by atoms with E-state index < -0.39 is 47.9 Å². The Bertz CT molecular complexity index is 458. The predicted molar refractivity (Wildman–Crippen MR) is 68.1 cm³/mol. The zero-order chi connectivity index (χ0) is 16.9. The molecule has 4 atom stereocenters. The highest BCUT2D eigenvalue weighted by Gasteiger charge is 2.62. The molecule has 1 aliphatic rings. The van der Waals surface area contributed by atoms with Gasteiger partial charge in [0.1, 0.15) is 12.0 Å². The Hall–Kier alpha value is -2.16. The lowest BCUT2D eigenvalue weighted by Crippen LogP contribution is -2.23. The lowest BCUT2D eigenvalue weighted by molar-refractivity contribution is -0.168. The quantitative estimate of drug-likeness (QED) is 0.365. The summed E-state index contributed by atoms with van der Waals surface area (Å²) in [4.78, 5) is 45.3. The molecule has 1 saturated carbocycles. The summed E-state index contributed by atoms with van der Waals surface area (Å²) in [6.45, 7) is 1.76. The SMILES string of the molecule is CCOC(=O)C[C@H](O)[C@@H]1[C@H](OC(=O)C(=O)OC)[C@H]1C(=O)OC. The Balaban J connectivity index is 2.69. The van der Waals surface area contributed by atoms with Crippen molar-refractivity contribution >= 4 is 23.9 Å². The van der Waals surface area contributed by atoms with Crippen LogP contribution in [0.15, 0.2) is 0 Å². The van der Waals surface area contributed by atoms with Crippen molar-refractivity contribution in [2.75, 3.05) is 20.8 Å². The molecule has 0 saturated heterocycles. The topological polar surface area (TPSA) is 125 Å². The molecule has 124 valence electrons. The molecule has 0 spiro atoms. The minimum Gasteiger partial charge on any atom is -0.469 e. The fraction of sp³-hybridized carbons (Fsp3) is 0.692. The number of carbonyl (C=O) groups excluding carboxylic acids is 4. The van der Waals surface area contributed by atoms with Gasteiger partial charge in [-0.2, -0.15) is 0 Å². The summed E-state index contributed by atoms with van der Waals surface area (Å²) in [5.41, 5.74) is 0. The summed E-state index contributed by atoms with van der Waals surface area (Å²) in [6.07, 6.45) is -2.68. The van der Waals surface area contributed by atoms with Gasteiger partial charge in [-0.25, -0.2) is 9.59 Å². The first-order valence-corrected chi connectivity index (χ1v) is 6.57. The van der Waals surface area contributed by atoms with Crippen LogP contribution >= 0.6 is 0 Å². The fourth-order valence-electron chi connectivity index (χ4n) is 2.12. The van der Waals surface area contributed by atoms with Gasteiger partial charge in [0.25, 0.3) is 0 Å². The van der Waals surface area contributed by atoms with E-state index in [0.717, 1.165) is 14.2 Å². The number of rotatable bonds is 6. The highest BCUT2D eigenvalue weighted by Crippen LogP contribution is 2.46. The second kappa shape index (κ2) is 7.74. The molecule has 9 heteroatoms. The molecule has 0 heterocycles. The molecule has 0 radical (unpaired) electrons. The van der Waals surface area contributed by atoms with Gasteiger partial charge in [0.05, 0.1) is 33.4 Å². The van der Waals surface area contributed by atoms with Crippen LogP contribution in [0.25, 0.3) is 0 Å². The number of esters is 4. The van der Waals surface area contributed by atoms with Crippen molar-refractivity contribution in [3.8, 4) is 0 Å². The van der Waals surface area contributed by atoms with E-state index in [4.69, 9.17) is 4.74 Å². The fourth-order valence-corrected chi connectivity index (χ4v) is 2.12. The summed E-state index contributed by atoms with van der Waals surface area (Å²) in [7, 11) is 2.13. The van der Waals surface area contributed by atoms with Gasteiger partial charge in [-0.1, -0.05) is 0 Å². The minimum atomic E-state index is -1.28. The van der Waals surface area contributed by atoms with E-state index in [-0.39, 0.29) is 13.0 Å². The number of hydrogen-bond acceptors (Lipinski definition) is 9. The van der Waals surface area contributed by atoms with Crippen LogP contribution < -0.4 is 0 Å². The van der Waals surface area contributed by atoms with E-state index in [2.05, 4.69) is 14.2 Å².